The molecule has 1 atom stereocenters. The molecule has 21 heavy (non-hydrogen) atoms. The number of nitrogens with zero attached hydrogens (tertiary/aromatic N) is 4. The molecule has 1 saturated heterocycles. The van der Waals surface area contributed by atoms with Crippen LogP contribution in [0.5, 0.6) is 0 Å². The van der Waals surface area contributed by atoms with Crippen LogP contribution in [0.1, 0.15) is 30.3 Å². The third-order valence-corrected chi connectivity index (χ3v) is 3.90. The molecular formula is C13H21N5O3. The Morgan fingerprint density at radius 3 is 2.90 bits per heavy atom. The lowest BCUT2D eigenvalue weighted by Gasteiger charge is -2.36. The summed E-state index contributed by atoms with van der Waals surface area (Å²) >= 11 is 0. The van der Waals surface area contributed by atoms with Crippen molar-refractivity contribution in [2.45, 2.75) is 31.8 Å². The van der Waals surface area contributed by atoms with Gasteiger partial charge in [-0.3, -0.25) is 9.59 Å². The standard InChI is InChI=1S/C13H21N5O3/c1-4-18-10(8-15-16-18)11(19)17-7-5-6-13(17,9-21-3)12(20)14-2/h8H,4-7,9H2,1-3H3,(H,14,20). The summed E-state index contributed by atoms with van der Waals surface area (Å²) < 4.78 is 6.74. The lowest BCUT2D eigenvalue weighted by Crippen LogP contribution is -2.59. The molecule has 1 N–H and O–H groups in total. The number of aromatic nitrogens is 3. The highest BCUT2D eigenvalue weighted by Crippen LogP contribution is 2.31. The molecule has 1 aromatic heterocycles. The molecule has 116 valence electrons. The van der Waals surface area contributed by atoms with E-state index in [-0.39, 0.29) is 18.4 Å². The Hall–Kier alpha value is -1.96. The van der Waals surface area contributed by atoms with E-state index in [9.17, 15) is 9.59 Å². The molecular weight excluding hydrogens is 274 g/mol. The minimum Gasteiger partial charge on any atom is -0.382 e. The number of likely N-dealkylation sites (tertiary alicyclic amines) is 1. The number of amides is 2. The molecule has 0 aromatic carbocycles. The average molecular weight is 295 g/mol. The predicted octanol–water partition coefficient (Wildman–Crippen LogP) is -0.335. The zero-order valence-corrected chi connectivity index (χ0v) is 12.6. The number of carbonyl (C=O) groups is 2. The third kappa shape index (κ3) is 2.51. The van der Waals surface area contributed by atoms with Crippen LogP contribution in [0.3, 0.4) is 0 Å². The van der Waals surface area contributed by atoms with Crippen molar-refractivity contribution in [3.05, 3.63) is 11.9 Å². The van der Waals surface area contributed by atoms with E-state index in [1.807, 2.05) is 6.92 Å². The third-order valence-electron chi connectivity index (χ3n) is 3.90. The number of methoxy groups -OCH3 is 1. The number of likely N-dealkylation sites (N-methyl/N-ethyl adjacent to an activating group) is 1. The monoisotopic (exact) mass is 295 g/mol. The lowest BCUT2D eigenvalue weighted by atomic mass is 9.95. The first-order chi connectivity index (χ1) is 10.1. The van der Waals surface area contributed by atoms with Crippen molar-refractivity contribution in [3.63, 3.8) is 0 Å². The van der Waals surface area contributed by atoms with Crippen LogP contribution in [0.25, 0.3) is 0 Å². The fourth-order valence-electron chi connectivity index (χ4n) is 2.89. The van der Waals surface area contributed by atoms with Gasteiger partial charge in [-0.05, 0) is 19.8 Å². The predicted molar refractivity (Wildman–Crippen MR) is 74.6 cm³/mol. The fraction of sp³-hybridized carbons (Fsp3) is 0.692. The molecule has 2 rings (SSSR count). The average Bonchev–Trinajstić information content (AvgIpc) is 3.13. The summed E-state index contributed by atoms with van der Waals surface area (Å²) in [5, 5.41) is 10.3. The maximum absolute atomic E-state index is 12.8. The van der Waals surface area contributed by atoms with Crippen molar-refractivity contribution >= 4 is 11.8 Å². The first-order valence-corrected chi connectivity index (χ1v) is 7.02. The van der Waals surface area contributed by atoms with Gasteiger partial charge in [0.1, 0.15) is 11.2 Å². The van der Waals surface area contributed by atoms with Gasteiger partial charge in [0, 0.05) is 27.2 Å². The lowest BCUT2D eigenvalue weighted by molar-refractivity contribution is -0.133. The molecule has 2 amide bonds. The van der Waals surface area contributed by atoms with E-state index < -0.39 is 5.54 Å². The molecule has 1 aromatic rings. The number of carbonyl (C=O) groups excluding carboxylic acids is 2. The van der Waals surface area contributed by atoms with E-state index >= 15 is 0 Å². The minimum atomic E-state index is -0.955. The minimum absolute atomic E-state index is 0.173. The summed E-state index contributed by atoms with van der Waals surface area (Å²) in [6.07, 6.45) is 2.78. The van der Waals surface area contributed by atoms with E-state index in [1.165, 1.54) is 18.0 Å². The van der Waals surface area contributed by atoms with E-state index in [0.717, 1.165) is 6.42 Å². The van der Waals surface area contributed by atoms with Crippen LogP contribution >= 0.6 is 0 Å². The van der Waals surface area contributed by atoms with E-state index in [1.54, 1.807) is 11.9 Å². The number of aryl methyl sites for hydroxylation is 1. The Kier molecular flexibility index (Phi) is 4.56. The first-order valence-electron chi connectivity index (χ1n) is 7.02. The number of ether oxygens (including phenoxy) is 1. The Bertz CT molecular complexity index is 530. The molecule has 8 nitrogen and oxygen atoms in total. The second-order valence-corrected chi connectivity index (χ2v) is 5.04. The van der Waals surface area contributed by atoms with E-state index in [2.05, 4.69) is 15.6 Å². The van der Waals surface area contributed by atoms with Crippen molar-refractivity contribution in [1.82, 2.24) is 25.2 Å². The number of rotatable bonds is 5. The summed E-state index contributed by atoms with van der Waals surface area (Å²) in [7, 11) is 3.10. The van der Waals surface area contributed by atoms with Crippen molar-refractivity contribution < 1.29 is 14.3 Å². The molecule has 2 heterocycles. The van der Waals surface area contributed by atoms with Crippen LogP contribution in [0, 0.1) is 0 Å². The fourth-order valence-corrected chi connectivity index (χ4v) is 2.89. The van der Waals surface area contributed by atoms with Crippen LogP contribution in [-0.4, -0.2) is 64.6 Å². The summed E-state index contributed by atoms with van der Waals surface area (Å²) in [5.41, 5.74) is -0.563. The van der Waals surface area contributed by atoms with E-state index in [4.69, 9.17) is 4.74 Å². The zero-order valence-electron chi connectivity index (χ0n) is 12.6. The highest BCUT2D eigenvalue weighted by atomic mass is 16.5. The van der Waals surface area contributed by atoms with Crippen molar-refractivity contribution in [3.8, 4) is 0 Å². The topological polar surface area (TPSA) is 89.3 Å². The number of hydrogen-bond donors (Lipinski definition) is 1. The molecule has 0 aliphatic carbocycles. The normalized spacial score (nSPS) is 21.6. The Morgan fingerprint density at radius 1 is 1.52 bits per heavy atom. The van der Waals surface area contributed by atoms with Crippen LogP contribution in [-0.2, 0) is 16.1 Å². The second-order valence-electron chi connectivity index (χ2n) is 5.04. The Labute approximate surface area is 123 Å². The summed E-state index contributed by atoms with van der Waals surface area (Å²) in [5.74, 6) is -0.439. The summed E-state index contributed by atoms with van der Waals surface area (Å²) in [6.45, 7) is 3.12. The van der Waals surface area contributed by atoms with Gasteiger partial charge in [-0.15, -0.1) is 5.10 Å². The SMILES string of the molecule is CCn1nncc1C(=O)N1CCCC1(COC)C(=O)NC. The van der Waals surface area contributed by atoms with Crippen LogP contribution < -0.4 is 5.32 Å². The Balaban J connectivity index is 2.36. The summed E-state index contributed by atoms with van der Waals surface area (Å²) in [6, 6.07) is 0. The molecule has 0 spiro atoms. The van der Waals surface area contributed by atoms with Gasteiger partial charge in [-0.2, -0.15) is 0 Å². The quantitative estimate of drug-likeness (QED) is 0.803. The molecule has 1 aliphatic heterocycles. The first kappa shape index (κ1) is 15.4. The smallest absolute Gasteiger partial charge is 0.274 e. The largest absolute Gasteiger partial charge is 0.382 e. The van der Waals surface area contributed by atoms with Crippen molar-refractivity contribution in [2.75, 3.05) is 27.3 Å². The molecule has 1 aliphatic rings. The van der Waals surface area contributed by atoms with Gasteiger partial charge in [-0.25, -0.2) is 4.68 Å². The van der Waals surface area contributed by atoms with Gasteiger partial charge in [-0.1, -0.05) is 5.21 Å². The molecule has 1 unspecified atom stereocenters. The summed E-state index contributed by atoms with van der Waals surface area (Å²) in [4.78, 5) is 26.7. The second kappa shape index (κ2) is 6.21. The highest BCUT2D eigenvalue weighted by molar-refractivity contribution is 5.98. The molecule has 1 fully saturated rings. The maximum atomic E-state index is 12.8. The molecule has 0 saturated carbocycles. The van der Waals surface area contributed by atoms with Crippen molar-refractivity contribution in [2.24, 2.45) is 0 Å². The van der Waals surface area contributed by atoms with Crippen molar-refractivity contribution in [1.29, 1.82) is 0 Å². The number of hydrogen-bond acceptors (Lipinski definition) is 5. The Morgan fingerprint density at radius 2 is 2.29 bits per heavy atom. The van der Waals surface area contributed by atoms with Gasteiger partial charge < -0.3 is 15.0 Å². The maximum Gasteiger partial charge on any atom is 0.274 e. The highest BCUT2D eigenvalue weighted by Gasteiger charge is 2.50. The van der Waals surface area contributed by atoms with E-state index in [0.29, 0.717) is 25.2 Å². The molecule has 0 bridgehead atoms. The molecule has 8 heteroatoms. The van der Waals surface area contributed by atoms with Crippen LogP contribution in [0.4, 0.5) is 0 Å². The van der Waals surface area contributed by atoms with Gasteiger partial charge >= 0.3 is 0 Å². The van der Waals surface area contributed by atoms with Gasteiger partial charge in [0.05, 0.1) is 12.8 Å². The van der Waals surface area contributed by atoms with Gasteiger partial charge in [0.25, 0.3) is 5.91 Å². The number of nitrogens with one attached hydrogen (secondary N) is 1. The van der Waals surface area contributed by atoms with Gasteiger partial charge in [0.2, 0.25) is 5.91 Å². The van der Waals surface area contributed by atoms with Gasteiger partial charge in [0.15, 0.2) is 0 Å². The molecule has 0 radical (unpaired) electrons. The van der Waals surface area contributed by atoms with Crippen LogP contribution in [0.15, 0.2) is 6.20 Å². The van der Waals surface area contributed by atoms with Crippen LogP contribution in [0.2, 0.25) is 0 Å². The zero-order chi connectivity index (χ0) is 15.5.